The zero-order valence-electron chi connectivity index (χ0n) is 9.66. The Morgan fingerprint density at radius 1 is 1.67 bits per heavy atom. The van der Waals surface area contributed by atoms with Gasteiger partial charge in [0.2, 0.25) is 0 Å². The Balaban J connectivity index is 2.50. The van der Waals surface area contributed by atoms with E-state index in [0.717, 1.165) is 0 Å². The van der Waals surface area contributed by atoms with Crippen LogP contribution in [-0.4, -0.2) is 42.4 Å². The van der Waals surface area contributed by atoms with E-state index in [1.165, 1.54) is 0 Å². The number of carbonyl (C=O) groups is 2. The standard InChI is InChI=1S/C11H19NO3/c1-4-15-11(14)9(3)12-6-5-10(13)8(2)7-12/h8-9H,4-7H2,1-3H3. The average Bonchev–Trinajstić information content (AvgIpc) is 2.21. The molecule has 1 rings (SSSR count). The van der Waals surface area contributed by atoms with E-state index in [1.807, 2.05) is 18.7 Å². The minimum Gasteiger partial charge on any atom is -0.465 e. The third-order valence-electron chi connectivity index (χ3n) is 2.88. The lowest BCUT2D eigenvalue weighted by atomic mass is 9.97. The van der Waals surface area contributed by atoms with Gasteiger partial charge in [0.05, 0.1) is 6.61 Å². The molecule has 0 aromatic carbocycles. The van der Waals surface area contributed by atoms with Crippen LogP contribution in [0.3, 0.4) is 0 Å². The predicted octanol–water partition coefficient (Wildman–Crippen LogP) is 0.849. The summed E-state index contributed by atoms with van der Waals surface area (Å²) in [5.41, 5.74) is 0. The number of carbonyl (C=O) groups excluding carboxylic acids is 2. The number of ketones is 1. The van der Waals surface area contributed by atoms with Crippen LogP contribution in [0.5, 0.6) is 0 Å². The summed E-state index contributed by atoms with van der Waals surface area (Å²) in [5, 5.41) is 0. The normalized spacial score (nSPS) is 25.0. The summed E-state index contributed by atoms with van der Waals surface area (Å²) in [4.78, 5) is 24.8. The van der Waals surface area contributed by atoms with Crippen LogP contribution in [0.1, 0.15) is 27.2 Å². The highest BCUT2D eigenvalue weighted by atomic mass is 16.5. The number of ether oxygens (including phenoxy) is 1. The lowest BCUT2D eigenvalue weighted by Crippen LogP contribution is -2.47. The second-order valence-corrected chi connectivity index (χ2v) is 4.04. The van der Waals surface area contributed by atoms with Crippen molar-refractivity contribution in [2.45, 2.75) is 33.2 Å². The monoisotopic (exact) mass is 213 g/mol. The predicted molar refractivity (Wildman–Crippen MR) is 56.5 cm³/mol. The highest BCUT2D eigenvalue weighted by Gasteiger charge is 2.30. The minimum absolute atomic E-state index is 0.0376. The van der Waals surface area contributed by atoms with Gasteiger partial charge in [-0.15, -0.1) is 0 Å². The van der Waals surface area contributed by atoms with Gasteiger partial charge in [0.25, 0.3) is 0 Å². The van der Waals surface area contributed by atoms with Crippen LogP contribution in [-0.2, 0) is 14.3 Å². The smallest absolute Gasteiger partial charge is 0.323 e. The zero-order chi connectivity index (χ0) is 11.4. The van der Waals surface area contributed by atoms with Crippen LogP contribution in [0.2, 0.25) is 0 Å². The summed E-state index contributed by atoms with van der Waals surface area (Å²) < 4.78 is 4.95. The molecule has 0 saturated carbocycles. The third-order valence-corrected chi connectivity index (χ3v) is 2.88. The van der Waals surface area contributed by atoms with Crippen LogP contribution in [0.15, 0.2) is 0 Å². The van der Waals surface area contributed by atoms with Gasteiger partial charge >= 0.3 is 5.97 Å². The van der Waals surface area contributed by atoms with Crippen LogP contribution < -0.4 is 0 Å². The van der Waals surface area contributed by atoms with Crippen molar-refractivity contribution < 1.29 is 14.3 Å². The van der Waals surface area contributed by atoms with Crippen molar-refractivity contribution in [1.82, 2.24) is 4.90 Å². The second-order valence-electron chi connectivity index (χ2n) is 4.04. The Morgan fingerprint density at radius 2 is 2.33 bits per heavy atom. The number of Topliss-reactive ketones (excluding diaryl/α,β-unsaturated/α-hetero) is 1. The second kappa shape index (κ2) is 5.26. The summed E-state index contributed by atoms with van der Waals surface area (Å²) in [6, 6.07) is -0.236. The molecule has 86 valence electrons. The van der Waals surface area contributed by atoms with E-state index < -0.39 is 0 Å². The Bertz CT molecular complexity index is 252. The fraction of sp³-hybridized carbons (Fsp3) is 0.818. The van der Waals surface area contributed by atoms with Crippen LogP contribution >= 0.6 is 0 Å². The van der Waals surface area contributed by atoms with Gasteiger partial charge in [0.15, 0.2) is 0 Å². The summed E-state index contributed by atoms with van der Waals surface area (Å²) in [5.74, 6) is 0.136. The Morgan fingerprint density at radius 3 is 2.87 bits per heavy atom. The molecule has 1 fully saturated rings. The fourth-order valence-electron chi connectivity index (χ4n) is 1.81. The van der Waals surface area contributed by atoms with Gasteiger partial charge in [-0.05, 0) is 13.8 Å². The maximum atomic E-state index is 11.5. The van der Waals surface area contributed by atoms with Crippen molar-refractivity contribution in [3.8, 4) is 0 Å². The zero-order valence-corrected chi connectivity index (χ0v) is 9.66. The van der Waals surface area contributed by atoms with Crippen molar-refractivity contribution in [2.24, 2.45) is 5.92 Å². The molecule has 0 N–H and O–H groups in total. The number of nitrogens with zero attached hydrogens (tertiary/aromatic N) is 1. The topological polar surface area (TPSA) is 46.6 Å². The van der Waals surface area contributed by atoms with Crippen LogP contribution in [0.4, 0.5) is 0 Å². The van der Waals surface area contributed by atoms with Crippen molar-refractivity contribution >= 4 is 11.8 Å². The van der Waals surface area contributed by atoms with Crippen molar-refractivity contribution in [1.29, 1.82) is 0 Å². The van der Waals surface area contributed by atoms with Gasteiger partial charge in [0.1, 0.15) is 11.8 Å². The van der Waals surface area contributed by atoms with Gasteiger partial charge in [-0.3, -0.25) is 14.5 Å². The molecule has 1 heterocycles. The van der Waals surface area contributed by atoms with Crippen molar-refractivity contribution in [3.05, 3.63) is 0 Å². The molecule has 1 aliphatic heterocycles. The molecule has 15 heavy (non-hydrogen) atoms. The first kappa shape index (κ1) is 12.2. The lowest BCUT2D eigenvalue weighted by Gasteiger charge is -2.33. The molecule has 0 aromatic heterocycles. The van der Waals surface area contributed by atoms with E-state index in [1.54, 1.807) is 6.92 Å². The first-order valence-electron chi connectivity index (χ1n) is 5.49. The Labute approximate surface area is 90.6 Å². The van der Waals surface area contributed by atoms with Gasteiger partial charge in [0, 0.05) is 25.4 Å². The molecular formula is C11H19NO3. The number of rotatable bonds is 3. The molecule has 0 aliphatic carbocycles. The molecule has 0 aromatic rings. The molecule has 1 saturated heterocycles. The van der Waals surface area contributed by atoms with E-state index in [2.05, 4.69) is 0 Å². The third kappa shape index (κ3) is 3.02. The maximum absolute atomic E-state index is 11.5. The van der Waals surface area contributed by atoms with E-state index in [9.17, 15) is 9.59 Å². The Kier molecular flexibility index (Phi) is 4.27. The Hall–Kier alpha value is -0.900. The highest BCUT2D eigenvalue weighted by Crippen LogP contribution is 2.15. The minimum atomic E-state index is -0.236. The molecule has 0 bridgehead atoms. The molecule has 2 atom stereocenters. The first-order chi connectivity index (χ1) is 7.06. The number of piperidine rings is 1. The summed E-state index contributed by atoms with van der Waals surface area (Å²) in [6.07, 6.45) is 0.547. The molecule has 4 nitrogen and oxygen atoms in total. The van der Waals surface area contributed by atoms with Crippen molar-refractivity contribution in [3.63, 3.8) is 0 Å². The van der Waals surface area contributed by atoms with Gasteiger partial charge in [-0.1, -0.05) is 6.92 Å². The molecule has 0 amide bonds. The van der Waals surface area contributed by atoms with Gasteiger partial charge in [-0.25, -0.2) is 0 Å². The van der Waals surface area contributed by atoms with Crippen molar-refractivity contribution in [2.75, 3.05) is 19.7 Å². The molecule has 1 aliphatic rings. The van der Waals surface area contributed by atoms with E-state index in [0.29, 0.717) is 31.9 Å². The summed E-state index contributed by atoms with van der Waals surface area (Å²) >= 11 is 0. The summed E-state index contributed by atoms with van der Waals surface area (Å²) in [7, 11) is 0. The molecule has 2 unspecified atom stereocenters. The molecule has 4 heteroatoms. The SMILES string of the molecule is CCOC(=O)C(C)N1CCC(=O)C(C)C1. The highest BCUT2D eigenvalue weighted by molar-refractivity contribution is 5.82. The van der Waals surface area contributed by atoms with E-state index in [4.69, 9.17) is 4.74 Å². The number of likely N-dealkylation sites (tertiary alicyclic amines) is 1. The summed E-state index contributed by atoms with van der Waals surface area (Å²) in [6.45, 7) is 7.29. The largest absolute Gasteiger partial charge is 0.465 e. The number of hydrogen-bond donors (Lipinski definition) is 0. The molecular weight excluding hydrogens is 194 g/mol. The van der Waals surface area contributed by atoms with E-state index >= 15 is 0 Å². The lowest BCUT2D eigenvalue weighted by molar-refractivity contribution is -0.150. The van der Waals surface area contributed by atoms with Gasteiger partial charge < -0.3 is 4.74 Å². The fourth-order valence-corrected chi connectivity index (χ4v) is 1.81. The number of hydrogen-bond acceptors (Lipinski definition) is 4. The van der Waals surface area contributed by atoms with Crippen LogP contribution in [0, 0.1) is 5.92 Å². The molecule has 0 radical (unpaired) electrons. The quantitative estimate of drug-likeness (QED) is 0.652. The van der Waals surface area contributed by atoms with E-state index in [-0.39, 0.29) is 17.9 Å². The maximum Gasteiger partial charge on any atom is 0.323 e. The van der Waals surface area contributed by atoms with Gasteiger partial charge in [-0.2, -0.15) is 0 Å². The average molecular weight is 213 g/mol. The molecule has 0 spiro atoms. The van der Waals surface area contributed by atoms with Crippen LogP contribution in [0.25, 0.3) is 0 Å². The first-order valence-corrected chi connectivity index (χ1v) is 5.49. The number of esters is 1.